The standard InChI is InChI=1S/C15H23ClN2OS/c1-4-5-6-7-11(2)17-15(20)18-13-10-12(16)8-9-14(13)19-3/h8-11H,4-7H2,1-3H3,(H2,17,18,20). The van der Waals surface area contributed by atoms with Crippen LogP contribution in [0.2, 0.25) is 5.02 Å². The molecule has 0 aliphatic rings. The Hall–Kier alpha value is -1.00. The van der Waals surface area contributed by atoms with Gasteiger partial charge in [0.1, 0.15) is 5.75 Å². The summed E-state index contributed by atoms with van der Waals surface area (Å²) in [5.41, 5.74) is 0.776. The van der Waals surface area contributed by atoms with Crippen molar-refractivity contribution >= 4 is 34.6 Å². The zero-order valence-corrected chi connectivity index (χ0v) is 13.9. The Morgan fingerprint density at radius 2 is 2.15 bits per heavy atom. The summed E-state index contributed by atoms with van der Waals surface area (Å²) in [7, 11) is 1.62. The average molecular weight is 315 g/mol. The van der Waals surface area contributed by atoms with Gasteiger partial charge in [-0.15, -0.1) is 0 Å². The van der Waals surface area contributed by atoms with E-state index in [4.69, 9.17) is 28.6 Å². The summed E-state index contributed by atoms with van der Waals surface area (Å²) in [6.45, 7) is 4.34. The quantitative estimate of drug-likeness (QED) is 0.569. The van der Waals surface area contributed by atoms with E-state index in [0.29, 0.717) is 16.2 Å². The molecule has 1 aromatic rings. The Balaban J connectivity index is 2.51. The van der Waals surface area contributed by atoms with Gasteiger partial charge in [0.05, 0.1) is 12.8 Å². The topological polar surface area (TPSA) is 33.3 Å². The monoisotopic (exact) mass is 314 g/mol. The maximum atomic E-state index is 5.99. The molecular formula is C15H23ClN2OS. The fourth-order valence-corrected chi connectivity index (χ4v) is 2.42. The molecule has 0 saturated heterocycles. The van der Waals surface area contributed by atoms with Gasteiger partial charge in [0.2, 0.25) is 0 Å². The van der Waals surface area contributed by atoms with Crippen LogP contribution in [0.5, 0.6) is 5.75 Å². The number of rotatable bonds is 7. The lowest BCUT2D eigenvalue weighted by Crippen LogP contribution is -2.35. The Morgan fingerprint density at radius 3 is 2.80 bits per heavy atom. The molecule has 0 aliphatic carbocycles. The number of halogens is 1. The molecule has 1 aromatic carbocycles. The third-order valence-corrected chi connectivity index (χ3v) is 3.48. The van der Waals surface area contributed by atoms with Crippen molar-refractivity contribution in [1.82, 2.24) is 5.32 Å². The fourth-order valence-electron chi connectivity index (χ4n) is 1.93. The Kier molecular flexibility index (Phi) is 7.70. The van der Waals surface area contributed by atoms with Gasteiger partial charge in [-0.2, -0.15) is 0 Å². The van der Waals surface area contributed by atoms with Crippen LogP contribution < -0.4 is 15.4 Å². The summed E-state index contributed by atoms with van der Waals surface area (Å²) < 4.78 is 5.28. The number of hydrogen-bond acceptors (Lipinski definition) is 2. The minimum Gasteiger partial charge on any atom is -0.495 e. The molecule has 112 valence electrons. The molecule has 2 N–H and O–H groups in total. The average Bonchev–Trinajstić information content (AvgIpc) is 2.39. The van der Waals surface area contributed by atoms with Gasteiger partial charge < -0.3 is 15.4 Å². The van der Waals surface area contributed by atoms with Crippen LogP contribution in [0.3, 0.4) is 0 Å². The van der Waals surface area contributed by atoms with Gasteiger partial charge in [-0.1, -0.05) is 37.8 Å². The van der Waals surface area contributed by atoms with Crippen LogP contribution in [0.1, 0.15) is 39.5 Å². The number of thiocarbonyl (C=S) groups is 1. The van der Waals surface area contributed by atoms with Gasteiger partial charge >= 0.3 is 0 Å². The van der Waals surface area contributed by atoms with E-state index >= 15 is 0 Å². The molecular weight excluding hydrogens is 292 g/mol. The van der Waals surface area contributed by atoms with Crippen LogP contribution >= 0.6 is 23.8 Å². The van der Waals surface area contributed by atoms with Crippen molar-refractivity contribution in [2.24, 2.45) is 0 Å². The zero-order chi connectivity index (χ0) is 15.0. The lowest BCUT2D eigenvalue weighted by Gasteiger charge is -2.18. The minimum atomic E-state index is 0.353. The molecule has 5 heteroatoms. The van der Waals surface area contributed by atoms with Crippen LogP contribution in [0.15, 0.2) is 18.2 Å². The van der Waals surface area contributed by atoms with Crippen LogP contribution in [-0.2, 0) is 0 Å². The smallest absolute Gasteiger partial charge is 0.171 e. The van der Waals surface area contributed by atoms with E-state index < -0.39 is 0 Å². The van der Waals surface area contributed by atoms with Gasteiger partial charge in [0, 0.05) is 11.1 Å². The summed E-state index contributed by atoms with van der Waals surface area (Å²) in [6, 6.07) is 5.76. The normalized spacial score (nSPS) is 11.8. The molecule has 1 atom stereocenters. The number of ether oxygens (including phenoxy) is 1. The van der Waals surface area contributed by atoms with Crippen molar-refractivity contribution in [3.05, 3.63) is 23.2 Å². The van der Waals surface area contributed by atoms with E-state index in [1.807, 2.05) is 6.07 Å². The van der Waals surface area contributed by atoms with E-state index in [1.54, 1.807) is 19.2 Å². The highest BCUT2D eigenvalue weighted by Crippen LogP contribution is 2.27. The minimum absolute atomic E-state index is 0.353. The summed E-state index contributed by atoms with van der Waals surface area (Å²) in [4.78, 5) is 0. The highest BCUT2D eigenvalue weighted by molar-refractivity contribution is 7.80. The highest BCUT2D eigenvalue weighted by atomic mass is 35.5. The zero-order valence-electron chi connectivity index (χ0n) is 12.3. The molecule has 0 amide bonds. The molecule has 0 bridgehead atoms. The van der Waals surface area contributed by atoms with Crippen molar-refractivity contribution in [3.63, 3.8) is 0 Å². The largest absolute Gasteiger partial charge is 0.495 e. The maximum absolute atomic E-state index is 5.99. The predicted molar refractivity (Wildman–Crippen MR) is 91.0 cm³/mol. The van der Waals surface area contributed by atoms with E-state index in [0.717, 1.165) is 17.9 Å². The number of anilines is 1. The lowest BCUT2D eigenvalue weighted by molar-refractivity contribution is 0.417. The second-order valence-electron chi connectivity index (χ2n) is 4.84. The maximum Gasteiger partial charge on any atom is 0.171 e. The van der Waals surface area contributed by atoms with E-state index in [-0.39, 0.29) is 0 Å². The molecule has 1 rings (SSSR count). The SMILES string of the molecule is CCCCCC(C)NC(=S)Nc1cc(Cl)ccc1OC. The first-order valence-electron chi connectivity index (χ1n) is 6.97. The number of benzene rings is 1. The van der Waals surface area contributed by atoms with E-state index in [2.05, 4.69) is 24.5 Å². The molecule has 0 aromatic heterocycles. The van der Waals surface area contributed by atoms with Crippen molar-refractivity contribution in [3.8, 4) is 5.75 Å². The summed E-state index contributed by atoms with van der Waals surface area (Å²) in [5.74, 6) is 0.720. The summed E-state index contributed by atoms with van der Waals surface area (Å²) >= 11 is 11.3. The van der Waals surface area contributed by atoms with Gasteiger partial charge in [0.15, 0.2) is 5.11 Å². The molecule has 0 radical (unpaired) electrons. The lowest BCUT2D eigenvalue weighted by atomic mass is 10.1. The van der Waals surface area contributed by atoms with Crippen LogP contribution in [0.25, 0.3) is 0 Å². The van der Waals surface area contributed by atoms with Gasteiger partial charge in [0.25, 0.3) is 0 Å². The predicted octanol–water partition coefficient (Wildman–Crippen LogP) is 4.60. The molecule has 20 heavy (non-hydrogen) atoms. The number of hydrogen-bond donors (Lipinski definition) is 2. The van der Waals surface area contributed by atoms with Crippen molar-refractivity contribution in [2.75, 3.05) is 12.4 Å². The number of methoxy groups -OCH3 is 1. The molecule has 0 aliphatic heterocycles. The first-order chi connectivity index (χ1) is 9.56. The highest BCUT2D eigenvalue weighted by Gasteiger charge is 2.08. The van der Waals surface area contributed by atoms with Crippen molar-refractivity contribution in [2.45, 2.75) is 45.6 Å². The molecule has 0 spiro atoms. The third-order valence-electron chi connectivity index (χ3n) is 3.03. The molecule has 3 nitrogen and oxygen atoms in total. The van der Waals surface area contributed by atoms with Crippen LogP contribution in [-0.4, -0.2) is 18.3 Å². The molecule has 0 saturated carbocycles. The second-order valence-corrected chi connectivity index (χ2v) is 5.68. The first kappa shape index (κ1) is 17.1. The van der Waals surface area contributed by atoms with E-state index in [9.17, 15) is 0 Å². The van der Waals surface area contributed by atoms with Crippen LogP contribution in [0.4, 0.5) is 5.69 Å². The van der Waals surface area contributed by atoms with Gasteiger partial charge in [-0.05, 0) is 43.8 Å². The van der Waals surface area contributed by atoms with Crippen molar-refractivity contribution < 1.29 is 4.74 Å². The number of nitrogens with one attached hydrogen (secondary N) is 2. The Morgan fingerprint density at radius 1 is 1.40 bits per heavy atom. The van der Waals surface area contributed by atoms with Crippen LogP contribution in [0, 0.1) is 0 Å². The second kappa shape index (κ2) is 9.03. The molecule has 0 fully saturated rings. The summed E-state index contributed by atoms with van der Waals surface area (Å²) in [5, 5.41) is 7.65. The summed E-state index contributed by atoms with van der Waals surface area (Å²) in [6.07, 6.45) is 4.82. The fraction of sp³-hybridized carbons (Fsp3) is 0.533. The van der Waals surface area contributed by atoms with Gasteiger partial charge in [-0.25, -0.2) is 0 Å². The van der Waals surface area contributed by atoms with Crippen molar-refractivity contribution in [1.29, 1.82) is 0 Å². The Bertz CT molecular complexity index is 440. The third kappa shape index (κ3) is 5.97. The van der Waals surface area contributed by atoms with E-state index in [1.165, 1.54) is 19.3 Å². The van der Waals surface area contributed by atoms with Gasteiger partial charge in [-0.3, -0.25) is 0 Å². The first-order valence-corrected chi connectivity index (χ1v) is 7.76. The molecule has 0 heterocycles. The Labute approximate surface area is 132 Å². The molecule has 1 unspecified atom stereocenters. The number of unbranched alkanes of at least 4 members (excludes halogenated alkanes) is 2.